The first kappa shape index (κ1) is 13.3. The van der Waals surface area contributed by atoms with E-state index in [2.05, 4.69) is 11.6 Å². The third-order valence-corrected chi connectivity index (χ3v) is 3.40. The Morgan fingerprint density at radius 3 is 2.31 bits per heavy atom. The van der Waals surface area contributed by atoms with E-state index in [0.29, 0.717) is 4.90 Å². The van der Waals surface area contributed by atoms with Crippen LogP contribution in [0.1, 0.15) is 5.56 Å². The van der Waals surface area contributed by atoms with Gasteiger partial charge in [-0.25, -0.2) is 0 Å². The summed E-state index contributed by atoms with van der Waals surface area (Å²) in [4.78, 5) is 11.2. The molecule has 1 aromatic rings. The number of benzene rings is 1. The maximum absolute atomic E-state index is 12.3. The van der Waals surface area contributed by atoms with E-state index in [9.17, 15) is 17.8 Å². The van der Waals surface area contributed by atoms with E-state index >= 15 is 0 Å². The van der Waals surface area contributed by atoms with Crippen LogP contribution in [0.5, 0.6) is 0 Å². The van der Waals surface area contributed by atoms with E-state index in [-0.39, 0.29) is 0 Å². The molecule has 0 unspecified atom stereocenters. The van der Waals surface area contributed by atoms with Crippen molar-refractivity contribution in [3.05, 3.63) is 29.8 Å². The molecule has 0 heterocycles. The number of alkyl halides is 3. The van der Waals surface area contributed by atoms with Crippen LogP contribution in [0.15, 0.2) is 29.2 Å². The Bertz CT molecular complexity index is 412. The Balaban J connectivity index is 2.74. The SMILES string of the molecule is Cc1ccc([S@](=O)CC(=O)C(F)(F)Cl)cc1. The van der Waals surface area contributed by atoms with Crippen LogP contribution in [-0.2, 0) is 15.6 Å². The molecule has 0 fully saturated rings. The van der Waals surface area contributed by atoms with E-state index in [4.69, 9.17) is 0 Å². The molecule has 88 valence electrons. The quantitative estimate of drug-likeness (QED) is 0.785. The molecule has 0 amide bonds. The molecular formula is C10H9ClF2O2S. The normalized spacial score (nSPS) is 13.5. The Morgan fingerprint density at radius 2 is 1.88 bits per heavy atom. The highest BCUT2D eigenvalue weighted by atomic mass is 35.5. The lowest BCUT2D eigenvalue weighted by atomic mass is 10.2. The highest BCUT2D eigenvalue weighted by Crippen LogP contribution is 2.21. The first-order valence-corrected chi connectivity index (χ1v) is 6.05. The molecule has 0 N–H and O–H groups in total. The number of halogens is 3. The summed E-state index contributed by atoms with van der Waals surface area (Å²) >= 11 is 4.52. The summed E-state index contributed by atoms with van der Waals surface area (Å²) in [5.74, 6) is -2.31. The average Bonchev–Trinajstić information content (AvgIpc) is 2.17. The summed E-state index contributed by atoms with van der Waals surface area (Å²) in [7, 11) is -1.78. The van der Waals surface area contributed by atoms with Gasteiger partial charge in [0.1, 0.15) is 0 Å². The number of ketones is 1. The first-order chi connectivity index (χ1) is 7.30. The minimum Gasteiger partial charge on any atom is -0.290 e. The van der Waals surface area contributed by atoms with Gasteiger partial charge in [-0.15, -0.1) is 0 Å². The molecule has 0 bridgehead atoms. The monoisotopic (exact) mass is 266 g/mol. The second-order valence-corrected chi connectivity index (χ2v) is 5.15. The number of carbonyl (C=O) groups is 1. The van der Waals surface area contributed by atoms with Crippen molar-refractivity contribution >= 4 is 28.2 Å². The van der Waals surface area contributed by atoms with E-state index in [1.54, 1.807) is 12.1 Å². The molecule has 0 aliphatic carbocycles. The smallest absolute Gasteiger partial charge is 0.290 e. The van der Waals surface area contributed by atoms with Crippen molar-refractivity contribution in [1.82, 2.24) is 0 Å². The van der Waals surface area contributed by atoms with Crippen molar-refractivity contribution in [3.63, 3.8) is 0 Å². The Hall–Kier alpha value is -0.810. The van der Waals surface area contributed by atoms with Gasteiger partial charge in [-0.05, 0) is 30.7 Å². The fourth-order valence-electron chi connectivity index (χ4n) is 0.974. The lowest BCUT2D eigenvalue weighted by molar-refractivity contribution is -0.130. The van der Waals surface area contributed by atoms with Crippen molar-refractivity contribution in [1.29, 1.82) is 0 Å². The van der Waals surface area contributed by atoms with Gasteiger partial charge in [-0.3, -0.25) is 9.00 Å². The fraction of sp³-hybridized carbons (Fsp3) is 0.300. The molecule has 0 aromatic heterocycles. The van der Waals surface area contributed by atoms with Crippen LogP contribution in [0.25, 0.3) is 0 Å². The second kappa shape index (κ2) is 5.01. The van der Waals surface area contributed by atoms with Crippen molar-refractivity contribution in [2.45, 2.75) is 17.2 Å². The van der Waals surface area contributed by atoms with Gasteiger partial charge in [0.25, 0.3) is 0 Å². The second-order valence-electron chi connectivity index (χ2n) is 3.22. The Labute approximate surface area is 99.1 Å². The van der Waals surface area contributed by atoms with Crippen LogP contribution in [0.4, 0.5) is 8.78 Å². The lowest BCUT2D eigenvalue weighted by Gasteiger charge is -2.06. The molecule has 0 radical (unpaired) electrons. The van der Waals surface area contributed by atoms with Crippen molar-refractivity contribution in [2.75, 3.05) is 5.75 Å². The van der Waals surface area contributed by atoms with Crippen LogP contribution in [-0.4, -0.2) is 21.1 Å². The molecule has 16 heavy (non-hydrogen) atoms. The minimum absolute atomic E-state index is 0.333. The zero-order chi connectivity index (χ0) is 12.3. The van der Waals surface area contributed by atoms with Crippen LogP contribution in [0.2, 0.25) is 0 Å². The molecule has 0 spiro atoms. The van der Waals surface area contributed by atoms with Crippen LogP contribution in [0.3, 0.4) is 0 Å². The van der Waals surface area contributed by atoms with Gasteiger partial charge in [0, 0.05) is 4.90 Å². The first-order valence-electron chi connectivity index (χ1n) is 4.36. The molecule has 2 nitrogen and oxygen atoms in total. The van der Waals surface area contributed by atoms with Crippen molar-refractivity contribution in [3.8, 4) is 0 Å². The maximum Gasteiger partial charge on any atom is 0.381 e. The third kappa shape index (κ3) is 3.64. The van der Waals surface area contributed by atoms with Gasteiger partial charge < -0.3 is 0 Å². The number of aryl methyl sites for hydroxylation is 1. The van der Waals surface area contributed by atoms with Crippen LogP contribution >= 0.6 is 11.6 Å². The van der Waals surface area contributed by atoms with Crippen molar-refractivity contribution < 1.29 is 17.8 Å². The van der Waals surface area contributed by atoms with Gasteiger partial charge in [0.05, 0.1) is 16.6 Å². The Kier molecular flexibility index (Phi) is 4.15. The summed E-state index contributed by atoms with van der Waals surface area (Å²) in [5, 5.41) is -3.94. The molecule has 0 aliphatic heterocycles. The van der Waals surface area contributed by atoms with E-state index in [1.807, 2.05) is 6.92 Å². The molecule has 0 saturated heterocycles. The number of hydrogen-bond acceptors (Lipinski definition) is 2. The highest BCUT2D eigenvalue weighted by molar-refractivity contribution is 7.85. The van der Waals surface area contributed by atoms with E-state index in [0.717, 1.165) is 5.56 Å². The number of rotatable bonds is 4. The molecule has 1 rings (SSSR count). The van der Waals surface area contributed by atoms with Gasteiger partial charge in [0.2, 0.25) is 5.78 Å². The predicted molar refractivity (Wildman–Crippen MR) is 58.3 cm³/mol. The zero-order valence-corrected chi connectivity index (χ0v) is 9.95. The Morgan fingerprint density at radius 1 is 1.38 bits per heavy atom. The van der Waals surface area contributed by atoms with E-state index in [1.165, 1.54) is 12.1 Å². The topological polar surface area (TPSA) is 34.1 Å². The van der Waals surface area contributed by atoms with Crippen molar-refractivity contribution in [2.24, 2.45) is 0 Å². The number of carbonyl (C=O) groups excluding carboxylic acids is 1. The molecule has 6 heteroatoms. The van der Waals surface area contributed by atoms with Gasteiger partial charge in [0.15, 0.2) is 0 Å². The van der Waals surface area contributed by atoms with Gasteiger partial charge in [-0.2, -0.15) is 8.78 Å². The fourth-order valence-corrected chi connectivity index (χ4v) is 2.15. The number of hydrogen-bond donors (Lipinski definition) is 0. The minimum atomic E-state index is -3.94. The molecule has 0 aliphatic rings. The number of Topliss-reactive ketones (excluding diaryl/α,β-unsaturated/α-hetero) is 1. The summed E-state index contributed by atoms with van der Waals surface area (Å²) in [6.07, 6.45) is 0. The zero-order valence-electron chi connectivity index (χ0n) is 8.38. The van der Waals surface area contributed by atoms with Crippen LogP contribution < -0.4 is 0 Å². The third-order valence-electron chi connectivity index (χ3n) is 1.86. The predicted octanol–water partition coefficient (Wildman–Crippen LogP) is 2.50. The van der Waals surface area contributed by atoms with E-state index < -0.39 is 27.7 Å². The molecule has 1 aromatic carbocycles. The maximum atomic E-state index is 12.3. The summed E-state index contributed by atoms with van der Waals surface area (Å²) in [5.41, 5.74) is 0.953. The van der Waals surface area contributed by atoms with Gasteiger partial charge >= 0.3 is 5.38 Å². The highest BCUT2D eigenvalue weighted by Gasteiger charge is 2.36. The summed E-state index contributed by atoms with van der Waals surface area (Å²) < 4.78 is 36.2. The summed E-state index contributed by atoms with van der Waals surface area (Å²) in [6, 6.07) is 6.45. The average molecular weight is 267 g/mol. The molecule has 0 saturated carbocycles. The molecular weight excluding hydrogens is 258 g/mol. The lowest BCUT2D eigenvalue weighted by Crippen LogP contribution is -2.26. The molecule has 1 atom stereocenters. The standard InChI is InChI=1S/C10H9ClF2O2S/c1-7-2-4-8(5-3-7)16(15)6-9(14)10(11,12)13/h2-5H,6H2,1H3/t16-/m1/s1. The largest absolute Gasteiger partial charge is 0.381 e. The summed E-state index contributed by atoms with van der Waals surface area (Å²) in [6.45, 7) is 1.84. The van der Waals surface area contributed by atoms with Crippen LogP contribution in [0, 0.1) is 6.92 Å². The van der Waals surface area contributed by atoms with Gasteiger partial charge in [-0.1, -0.05) is 17.7 Å².